The van der Waals surface area contributed by atoms with Crippen molar-refractivity contribution < 1.29 is 23.5 Å². The number of amides is 1. The maximum absolute atomic E-state index is 13.4. The van der Waals surface area contributed by atoms with Crippen molar-refractivity contribution in [3.8, 4) is 0 Å². The summed E-state index contributed by atoms with van der Waals surface area (Å²) in [4.78, 5) is 30.1. The highest BCUT2D eigenvalue weighted by Crippen LogP contribution is 2.40. The topological polar surface area (TPSA) is 87.1 Å². The minimum Gasteiger partial charge on any atom is -0.503 e. The van der Waals surface area contributed by atoms with Crippen molar-refractivity contribution in [2.24, 2.45) is 0 Å². The van der Waals surface area contributed by atoms with Gasteiger partial charge < -0.3 is 23.7 Å². The van der Waals surface area contributed by atoms with E-state index in [9.17, 15) is 14.7 Å². The number of rotatable bonds is 8. The highest BCUT2D eigenvalue weighted by molar-refractivity contribution is 6.15. The first-order valence-corrected chi connectivity index (χ1v) is 10.5. The number of carbonyl (C=O) groups excluding carboxylic acids is 2. The molecule has 0 spiro atoms. The van der Waals surface area contributed by atoms with Crippen molar-refractivity contribution in [1.82, 2.24) is 9.80 Å². The summed E-state index contributed by atoms with van der Waals surface area (Å²) in [5.41, 5.74) is 0.553. The number of aryl methyl sites for hydroxylation is 1. The number of benzene rings is 1. The van der Waals surface area contributed by atoms with Crippen molar-refractivity contribution in [3.63, 3.8) is 0 Å². The predicted octanol–water partition coefficient (Wildman–Crippen LogP) is 4.25. The molecule has 7 heteroatoms. The van der Waals surface area contributed by atoms with Crippen LogP contribution < -0.4 is 0 Å². The molecular weight excluding hydrogens is 396 g/mol. The molecule has 1 aromatic carbocycles. The van der Waals surface area contributed by atoms with Crippen LogP contribution in [0.15, 0.2) is 62.6 Å². The van der Waals surface area contributed by atoms with Crippen LogP contribution in [-0.2, 0) is 4.79 Å². The number of hydrogen-bond donors (Lipinski definition) is 1. The van der Waals surface area contributed by atoms with Crippen molar-refractivity contribution in [2.45, 2.75) is 26.8 Å². The predicted molar refractivity (Wildman–Crippen MR) is 116 cm³/mol. The van der Waals surface area contributed by atoms with Crippen LogP contribution >= 0.6 is 0 Å². The number of likely N-dealkylation sites (N-methyl/N-ethyl adjacent to an activating group) is 1. The van der Waals surface area contributed by atoms with E-state index in [1.807, 2.05) is 18.2 Å². The summed E-state index contributed by atoms with van der Waals surface area (Å²) in [6.45, 7) is 8.55. The van der Waals surface area contributed by atoms with E-state index in [2.05, 4.69) is 18.7 Å². The zero-order valence-corrected chi connectivity index (χ0v) is 17.9. The first kappa shape index (κ1) is 20.9. The molecule has 0 saturated carbocycles. The SMILES string of the molecule is CCN(CC)CCN1C(=O)C(O)=C(C(=O)c2cc3ccccc3o2)[C@@H]1c1ccc(C)o1. The van der Waals surface area contributed by atoms with Gasteiger partial charge in [-0.2, -0.15) is 0 Å². The van der Waals surface area contributed by atoms with Gasteiger partial charge in [0.2, 0.25) is 5.78 Å². The monoisotopic (exact) mass is 422 g/mol. The van der Waals surface area contributed by atoms with Crippen LogP contribution in [0.4, 0.5) is 0 Å². The van der Waals surface area contributed by atoms with Crippen LogP contribution in [0.25, 0.3) is 11.0 Å². The van der Waals surface area contributed by atoms with E-state index >= 15 is 0 Å². The molecular formula is C24H26N2O5. The fourth-order valence-corrected chi connectivity index (χ4v) is 4.03. The minimum absolute atomic E-state index is 0.0158. The molecule has 2 aromatic heterocycles. The molecule has 0 bridgehead atoms. The summed E-state index contributed by atoms with van der Waals surface area (Å²) in [6, 6.07) is 11.6. The molecule has 1 atom stereocenters. The Balaban J connectivity index is 1.73. The number of ketones is 1. The molecule has 0 fully saturated rings. The maximum atomic E-state index is 13.4. The molecule has 1 aliphatic rings. The third-order valence-electron chi connectivity index (χ3n) is 5.78. The van der Waals surface area contributed by atoms with Gasteiger partial charge in [-0.3, -0.25) is 9.59 Å². The molecule has 4 rings (SSSR count). The van der Waals surface area contributed by atoms with E-state index in [4.69, 9.17) is 8.83 Å². The molecule has 0 unspecified atom stereocenters. The Kier molecular flexibility index (Phi) is 5.69. The lowest BCUT2D eigenvalue weighted by Gasteiger charge is -2.27. The number of nitrogens with zero attached hydrogens (tertiary/aromatic N) is 2. The molecule has 0 aliphatic carbocycles. The van der Waals surface area contributed by atoms with Crippen molar-refractivity contribution >= 4 is 22.7 Å². The zero-order chi connectivity index (χ0) is 22.1. The summed E-state index contributed by atoms with van der Waals surface area (Å²) in [5.74, 6) is -0.474. The molecule has 0 saturated heterocycles. The minimum atomic E-state index is -0.808. The van der Waals surface area contributed by atoms with Crippen LogP contribution in [0.5, 0.6) is 0 Å². The smallest absolute Gasteiger partial charge is 0.290 e. The Morgan fingerprint density at radius 3 is 2.52 bits per heavy atom. The summed E-state index contributed by atoms with van der Waals surface area (Å²) < 4.78 is 11.5. The summed E-state index contributed by atoms with van der Waals surface area (Å²) in [6.07, 6.45) is 0. The number of para-hydroxylation sites is 1. The first-order valence-electron chi connectivity index (χ1n) is 10.5. The van der Waals surface area contributed by atoms with Gasteiger partial charge in [-0.25, -0.2) is 0 Å². The summed E-state index contributed by atoms with van der Waals surface area (Å²) in [5, 5.41) is 11.5. The van der Waals surface area contributed by atoms with Gasteiger partial charge in [0.25, 0.3) is 5.91 Å². The van der Waals surface area contributed by atoms with Gasteiger partial charge in [-0.15, -0.1) is 0 Å². The Labute approximate surface area is 180 Å². The van der Waals surface area contributed by atoms with Gasteiger partial charge in [-0.05, 0) is 44.3 Å². The van der Waals surface area contributed by atoms with Crippen LogP contribution in [0.2, 0.25) is 0 Å². The van der Waals surface area contributed by atoms with E-state index in [0.717, 1.165) is 18.5 Å². The third-order valence-corrected chi connectivity index (χ3v) is 5.78. The van der Waals surface area contributed by atoms with E-state index in [1.165, 1.54) is 4.90 Å². The average molecular weight is 422 g/mol. The Hall–Kier alpha value is -3.32. The Morgan fingerprint density at radius 2 is 1.87 bits per heavy atom. The van der Waals surface area contributed by atoms with E-state index in [0.29, 0.717) is 30.2 Å². The lowest BCUT2D eigenvalue weighted by atomic mass is 9.99. The van der Waals surface area contributed by atoms with Crippen molar-refractivity contribution in [1.29, 1.82) is 0 Å². The van der Waals surface area contributed by atoms with Crippen molar-refractivity contribution in [2.75, 3.05) is 26.2 Å². The van der Waals surface area contributed by atoms with Crippen LogP contribution in [-0.4, -0.2) is 52.8 Å². The Morgan fingerprint density at radius 1 is 1.13 bits per heavy atom. The second-order valence-electron chi connectivity index (χ2n) is 7.62. The molecule has 1 aliphatic heterocycles. The quantitative estimate of drug-likeness (QED) is 0.546. The number of aliphatic hydroxyl groups is 1. The van der Waals surface area contributed by atoms with Gasteiger partial charge in [0, 0.05) is 18.5 Å². The van der Waals surface area contributed by atoms with E-state index in [1.54, 1.807) is 31.2 Å². The second-order valence-corrected chi connectivity index (χ2v) is 7.62. The van der Waals surface area contributed by atoms with Gasteiger partial charge >= 0.3 is 0 Å². The maximum Gasteiger partial charge on any atom is 0.290 e. The number of Topliss-reactive ketones (excluding diaryl/α,β-unsaturated/α-hetero) is 1. The molecule has 0 radical (unpaired) electrons. The highest BCUT2D eigenvalue weighted by Gasteiger charge is 2.46. The molecule has 31 heavy (non-hydrogen) atoms. The number of furan rings is 2. The highest BCUT2D eigenvalue weighted by atomic mass is 16.4. The van der Waals surface area contributed by atoms with Crippen molar-refractivity contribution in [3.05, 3.63) is 71.1 Å². The van der Waals surface area contributed by atoms with Crippen LogP contribution in [0, 0.1) is 6.92 Å². The van der Waals surface area contributed by atoms with Gasteiger partial charge in [0.1, 0.15) is 23.1 Å². The Bertz CT molecular complexity index is 1120. The molecule has 3 aromatic rings. The fourth-order valence-electron chi connectivity index (χ4n) is 4.03. The second kappa shape index (κ2) is 8.43. The van der Waals surface area contributed by atoms with Gasteiger partial charge in [0.15, 0.2) is 11.5 Å². The van der Waals surface area contributed by atoms with E-state index < -0.39 is 23.5 Å². The van der Waals surface area contributed by atoms with Gasteiger partial charge in [-0.1, -0.05) is 32.0 Å². The largest absolute Gasteiger partial charge is 0.503 e. The summed E-state index contributed by atoms with van der Waals surface area (Å²) in [7, 11) is 0. The number of aliphatic hydroxyl groups excluding tert-OH is 1. The standard InChI is InChI=1S/C24H26N2O5/c1-4-25(5-2)12-13-26-21(18-11-10-15(3)30-18)20(23(28)24(26)29)22(27)19-14-16-8-6-7-9-17(16)31-19/h6-11,14,21,28H,4-5,12-13H2,1-3H3/t21-/m0/s1. The van der Waals surface area contributed by atoms with E-state index in [-0.39, 0.29) is 11.3 Å². The number of hydrogen-bond acceptors (Lipinski definition) is 6. The zero-order valence-electron chi connectivity index (χ0n) is 17.9. The average Bonchev–Trinajstić information content (AvgIpc) is 3.46. The summed E-state index contributed by atoms with van der Waals surface area (Å²) >= 11 is 0. The molecule has 1 amide bonds. The lowest BCUT2D eigenvalue weighted by Crippen LogP contribution is -2.38. The lowest BCUT2D eigenvalue weighted by molar-refractivity contribution is -0.129. The normalized spacial score (nSPS) is 16.8. The van der Waals surface area contributed by atoms with Crippen LogP contribution in [0.3, 0.4) is 0 Å². The molecule has 1 N–H and O–H groups in total. The number of fused-ring (bicyclic) bond motifs is 1. The number of carbonyl (C=O) groups is 2. The van der Waals surface area contributed by atoms with Gasteiger partial charge in [0.05, 0.1) is 5.57 Å². The van der Waals surface area contributed by atoms with Crippen LogP contribution in [0.1, 0.15) is 42.0 Å². The molecule has 162 valence electrons. The first-order chi connectivity index (χ1) is 14.9. The third kappa shape index (κ3) is 3.77. The fraction of sp³-hybridized carbons (Fsp3) is 0.333. The molecule has 3 heterocycles. The molecule has 7 nitrogen and oxygen atoms in total.